The van der Waals surface area contributed by atoms with Crippen molar-refractivity contribution in [2.24, 2.45) is 5.41 Å². The first kappa shape index (κ1) is 12.1. The fraction of sp³-hybridized carbons (Fsp3) is 0.500. The van der Waals surface area contributed by atoms with Crippen molar-refractivity contribution in [3.63, 3.8) is 0 Å². The normalized spacial score (nSPS) is 16.2. The minimum absolute atomic E-state index is 0.00463. The number of rotatable bonds is 1. The molecule has 1 nitrogen and oxygen atoms in total. The highest BCUT2D eigenvalue weighted by Crippen LogP contribution is 2.40. The Balaban J connectivity index is 3.34. The van der Waals surface area contributed by atoms with Crippen LogP contribution >= 0.6 is 0 Å². The van der Waals surface area contributed by atoms with Crippen LogP contribution in [0.4, 0.5) is 8.78 Å². The van der Waals surface area contributed by atoms with Gasteiger partial charge in [0.1, 0.15) is 0 Å². The summed E-state index contributed by atoms with van der Waals surface area (Å²) in [5, 5.41) is 10.2. The summed E-state index contributed by atoms with van der Waals surface area (Å²) in [4.78, 5) is 0. The van der Waals surface area contributed by atoms with E-state index in [9.17, 15) is 13.9 Å². The van der Waals surface area contributed by atoms with Crippen LogP contribution in [0.15, 0.2) is 18.2 Å². The highest BCUT2D eigenvalue weighted by atomic mass is 19.2. The smallest absolute Gasteiger partial charge is 0.164 e. The first-order valence-corrected chi connectivity index (χ1v) is 4.85. The Morgan fingerprint density at radius 2 is 1.60 bits per heavy atom. The van der Waals surface area contributed by atoms with Gasteiger partial charge in [-0.3, -0.25) is 0 Å². The van der Waals surface area contributed by atoms with Crippen LogP contribution in [-0.4, -0.2) is 5.11 Å². The average molecular weight is 214 g/mol. The van der Waals surface area contributed by atoms with Crippen molar-refractivity contribution >= 4 is 0 Å². The first-order valence-electron chi connectivity index (χ1n) is 4.85. The van der Waals surface area contributed by atoms with E-state index in [4.69, 9.17) is 0 Å². The van der Waals surface area contributed by atoms with Crippen molar-refractivity contribution in [2.45, 2.75) is 33.3 Å². The standard InChI is InChI=1S/C12H16F2O/c1-11(2,3)12(4,15)8-6-5-7-9(13)10(8)14/h5-7,15H,1-4H3. The predicted molar refractivity (Wildman–Crippen MR) is 55.4 cm³/mol. The molecule has 1 unspecified atom stereocenters. The number of halogens is 2. The number of aliphatic hydroxyl groups is 1. The zero-order valence-corrected chi connectivity index (χ0v) is 9.44. The summed E-state index contributed by atoms with van der Waals surface area (Å²) in [6.45, 7) is 6.82. The summed E-state index contributed by atoms with van der Waals surface area (Å²) in [7, 11) is 0. The second-order valence-electron chi connectivity index (χ2n) is 4.92. The maximum Gasteiger partial charge on any atom is 0.164 e. The predicted octanol–water partition coefficient (Wildman–Crippen LogP) is 3.22. The molecule has 0 bridgehead atoms. The second-order valence-corrected chi connectivity index (χ2v) is 4.92. The van der Waals surface area contributed by atoms with Gasteiger partial charge < -0.3 is 5.11 Å². The van der Waals surface area contributed by atoms with Crippen molar-refractivity contribution < 1.29 is 13.9 Å². The molecule has 0 heterocycles. The van der Waals surface area contributed by atoms with Gasteiger partial charge in [-0.25, -0.2) is 8.78 Å². The molecule has 0 saturated heterocycles. The Morgan fingerprint density at radius 3 is 2.07 bits per heavy atom. The SMILES string of the molecule is CC(C)(C)C(C)(O)c1cccc(F)c1F. The molecule has 3 heteroatoms. The summed E-state index contributed by atoms with van der Waals surface area (Å²) in [6, 6.07) is 3.84. The van der Waals surface area contributed by atoms with E-state index in [1.54, 1.807) is 20.8 Å². The zero-order chi connectivity index (χ0) is 11.9. The van der Waals surface area contributed by atoms with Crippen LogP contribution in [0, 0.1) is 17.0 Å². The van der Waals surface area contributed by atoms with E-state index in [1.165, 1.54) is 19.1 Å². The Kier molecular flexibility index (Phi) is 2.88. The van der Waals surface area contributed by atoms with Crippen molar-refractivity contribution in [1.29, 1.82) is 0 Å². The quantitative estimate of drug-likeness (QED) is 0.761. The largest absolute Gasteiger partial charge is 0.385 e. The van der Waals surface area contributed by atoms with E-state index in [0.717, 1.165) is 6.07 Å². The van der Waals surface area contributed by atoms with Crippen molar-refractivity contribution in [3.8, 4) is 0 Å². The monoisotopic (exact) mass is 214 g/mol. The Hall–Kier alpha value is -0.960. The molecule has 1 atom stereocenters. The van der Waals surface area contributed by atoms with Gasteiger partial charge in [-0.05, 0) is 18.4 Å². The lowest BCUT2D eigenvalue weighted by Crippen LogP contribution is -2.37. The molecule has 15 heavy (non-hydrogen) atoms. The lowest BCUT2D eigenvalue weighted by Gasteiger charge is -2.37. The van der Waals surface area contributed by atoms with Crippen LogP contribution in [0.5, 0.6) is 0 Å². The summed E-state index contributed by atoms with van der Waals surface area (Å²) >= 11 is 0. The topological polar surface area (TPSA) is 20.2 Å². The molecule has 0 fully saturated rings. The van der Waals surface area contributed by atoms with Gasteiger partial charge in [0.25, 0.3) is 0 Å². The highest BCUT2D eigenvalue weighted by molar-refractivity contribution is 5.26. The van der Waals surface area contributed by atoms with Crippen LogP contribution in [0.1, 0.15) is 33.3 Å². The van der Waals surface area contributed by atoms with Gasteiger partial charge >= 0.3 is 0 Å². The van der Waals surface area contributed by atoms with Crippen molar-refractivity contribution in [2.75, 3.05) is 0 Å². The van der Waals surface area contributed by atoms with Crippen LogP contribution in [0.3, 0.4) is 0 Å². The molecule has 1 aromatic carbocycles. The molecule has 1 N–H and O–H groups in total. The number of benzene rings is 1. The Bertz CT molecular complexity index is 364. The average Bonchev–Trinajstić information content (AvgIpc) is 2.07. The first-order chi connectivity index (χ1) is 6.68. The van der Waals surface area contributed by atoms with Gasteiger partial charge in [-0.15, -0.1) is 0 Å². The minimum Gasteiger partial charge on any atom is -0.385 e. The van der Waals surface area contributed by atoms with E-state index >= 15 is 0 Å². The van der Waals surface area contributed by atoms with Crippen LogP contribution in [0.2, 0.25) is 0 Å². The molecule has 84 valence electrons. The third-order valence-electron chi connectivity index (χ3n) is 2.94. The maximum absolute atomic E-state index is 13.5. The molecular formula is C12H16F2O. The number of hydrogen-bond donors (Lipinski definition) is 1. The zero-order valence-electron chi connectivity index (χ0n) is 9.44. The molecule has 1 aromatic rings. The molecule has 0 aromatic heterocycles. The summed E-state index contributed by atoms with van der Waals surface area (Å²) in [6.07, 6.45) is 0. The molecular weight excluding hydrogens is 198 g/mol. The highest BCUT2D eigenvalue weighted by Gasteiger charge is 2.39. The van der Waals surface area contributed by atoms with Gasteiger partial charge in [0.05, 0.1) is 5.60 Å². The molecule has 0 saturated carbocycles. The second kappa shape index (κ2) is 3.56. The van der Waals surface area contributed by atoms with Crippen LogP contribution in [-0.2, 0) is 5.60 Å². The minimum atomic E-state index is -1.40. The molecule has 1 rings (SSSR count). The van der Waals surface area contributed by atoms with Gasteiger partial charge in [0, 0.05) is 5.56 Å². The van der Waals surface area contributed by atoms with Crippen LogP contribution in [0.25, 0.3) is 0 Å². The molecule has 0 spiro atoms. The maximum atomic E-state index is 13.5. The molecule has 0 amide bonds. The van der Waals surface area contributed by atoms with E-state index in [0.29, 0.717) is 0 Å². The molecule has 0 aliphatic carbocycles. The van der Waals surface area contributed by atoms with Gasteiger partial charge in [0.15, 0.2) is 11.6 Å². The van der Waals surface area contributed by atoms with Crippen molar-refractivity contribution in [3.05, 3.63) is 35.4 Å². The lowest BCUT2D eigenvalue weighted by molar-refractivity contribution is -0.0501. The Labute approximate surface area is 88.7 Å². The molecule has 0 aliphatic rings. The van der Waals surface area contributed by atoms with Gasteiger partial charge in [0.2, 0.25) is 0 Å². The van der Waals surface area contributed by atoms with E-state index in [2.05, 4.69) is 0 Å². The molecule has 0 aliphatic heterocycles. The van der Waals surface area contributed by atoms with Gasteiger partial charge in [-0.1, -0.05) is 32.9 Å². The number of hydrogen-bond acceptors (Lipinski definition) is 1. The summed E-state index contributed by atoms with van der Waals surface area (Å²) < 4.78 is 26.5. The van der Waals surface area contributed by atoms with Gasteiger partial charge in [-0.2, -0.15) is 0 Å². The van der Waals surface area contributed by atoms with Crippen molar-refractivity contribution in [1.82, 2.24) is 0 Å². The summed E-state index contributed by atoms with van der Waals surface area (Å²) in [5.74, 6) is -1.91. The van der Waals surface area contributed by atoms with Crippen LogP contribution < -0.4 is 0 Å². The van der Waals surface area contributed by atoms with E-state index in [-0.39, 0.29) is 5.56 Å². The third-order valence-corrected chi connectivity index (χ3v) is 2.94. The summed E-state index contributed by atoms with van der Waals surface area (Å²) in [5.41, 5.74) is -1.98. The fourth-order valence-corrected chi connectivity index (χ4v) is 1.28. The van der Waals surface area contributed by atoms with E-state index < -0.39 is 22.7 Å². The fourth-order valence-electron chi connectivity index (χ4n) is 1.28. The Morgan fingerprint density at radius 1 is 1.07 bits per heavy atom. The van der Waals surface area contributed by atoms with E-state index in [1.807, 2.05) is 0 Å². The molecule has 0 radical (unpaired) electrons. The lowest BCUT2D eigenvalue weighted by atomic mass is 9.73. The third kappa shape index (κ3) is 2.02.